The van der Waals surface area contributed by atoms with Gasteiger partial charge in [0, 0.05) is 38.6 Å². The zero-order valence-corrected chi connectivity index (χ0v) is 21.8. The molecule has 2 aliphatic heterocycles. The molecule has 9 rings (SSSR count). The fourth-order valence-corrected chi connectivity index (χ4v) is 7.78. The van der Waals surface area contributed by atoms with Crippen molar-refractivity contribution < 1.29 is 19.4 Å². The van der Waals surface area contributed by atoms with E-state index in [9.17, 15) is 14.7 Å². The minimum Gasteiger partial charge on any atom is -0.497 e. The Morgan fingerprint density at radius 3 is 1.98 bits per heavy atom. The lowest BCUT2D eigenvalue weighted by molar-refractivity contribution is 0.0643. The molecule has 1 saturated carbocycles. The lowest BCUT2D eigenvalue weighted by atomic mass is 9.96. The molecule has 2 bridgehead atoms. The number of ether oxygens (including phenoxy) is 1. The number of aliphatic hydroxyl groups excluding tert-OH is 1. The molecule has 3 aliphatic rings. The Balaban J connectivity index is 1.43. The number of aromatic nitrogens is 2. The second-order valence-electron chi connectivity index (χ2n) is 11.3. The highest BCUT2D eigenvalue weighted by atomic mass is 16.5. The molecular formula is C33H25N3O4. The molecule has 3 atom stereocenters. The van der Waals surface area contributed by atoms with Crippen LogP contribution in [0.3, 0.4) is 0 Å². The number of para-hydroxylation sites is 2. The van der Waals surface area contributed by atoms with Crippen LogP contribution in [0.1, 0.15) is 51.2 Å². The summed E-state index contributed by atoms with van der Waals surface area (Å²) in [5.41, 5.74) is 5.81. The van der Waals surface area contributed by atoms with Gasteiger partial charge < -0.3 is 19.0 Å². The number of carbonyl (C=O) groups is 2. The molecule has 0 spiro atoms. The maximum atomic E-state index is 14.3. The summed E-state index contributed by atoms with van der Waals surface area (Å²) in [6.45, 7) is 0.181. The molecular weight excluding hydrogens is 502 g/mol. The average molecular weight is 528 g/mol. The van der Waals surface area contributed by atoms with Crippen molar-refractivity contribution in [3.05, 3.63) is 89.5 Å². The summed E-state index contributed by atoms with van der Waals surface area (Å²) in [5.74, 6) is 0.195. The minimum absolute atomic E-state index is 0.102. The van der Waals surface area contributed by atoms with E-state index in [1.807, 2.05) is 54.6 Å². The van der Waals surface area contributed by atoms with Gasteiger partial charge in [0.15, 0.2) is 0 Å². The van der Waals surface area contributed by atoms with Gasteiger partial charge in [-0.05, 0) is 42.7 Å². The van der Waals surface area contributed by atoms with Crippen molar-refractivity contribution in [2.24, 2.45) is 0 Å². The van der Waals surface area contributed by atoms with Crippen LogP contribution in [0.15, 0.2) is 72.8 Å². The number of hydrogen-bond donors (Lipinski definition) is 1. The number of nitrogens with zero attached hydrogens (tertiary/aromatic N) is 3. The molecule has 2 amide bonds. The van der Waals surface area contributed by atoms with Crippen molar-refractivity contribution in [3.63, 3.8) is 0 Å². The van der Waals surface area contributed by atoms with E-state index in [1.54, 1.807) is 7.11 Å². The number of benzene rings is 4. The maximum Gasteiger partial charge on any atom is 0.262 e. The van der Waals surface area contributed by atoms with Gasteiger partial charge in [-0.1, -0.05) is 48.5 Å². The van der Waals surface area contributed by atoms with Crippen LogP contribution in [0.2, 0.25) is 0 Å². The van der Waals surface area contributed by atoms with Gasteiger partial charge in [-0.15, -0.1) is 0 Å². The normalized spacial score (nSPS) is 21.4. The van der Waals surface area contributed by atoms with Crippen LogP contribution in [0.4, 0.5) is 0 Å². The fourth-order valence-electron chi connectivity index (χ4n) is 7.78. The van der Waals surface area contributed by atoms with Crippen molar-refractivity contribution in [2.75, 3.05) is 7.11 Å². The number of amides is 2. The fraction of sp³-hybridized carbons (Fsp3) is 0.212. The molecule has 1 N–H and O–H groups in total. The third-order valence-corrected chi connectivity index (χ3v) is 9.38. The molecule has 2 aromatic heterocycles. The van der Waals surface area contributed by atoms with E-state index in [4.69, 9.17) is 4.74 Å². The highest BCUT2D eigenvalue weighted by Crippen LogP contribution is 2.54. The first-order valence-corrected chi connectivity index (χ1v) is 13.7. The predicted octanol–water partition coefficient (Wildman–Crippen LogP) is 5.96. The average Bonchev–Trinajstić information content (AvgIpc) is 3.65. The summed E-state index contributed by atoms with van der Waals surface area (Å²) < 4.78 is 9.91. The first-order valence-electron chi connectivity index (χ1n) is 13.7. The van der Waals surface area contributed by atoms with Gasteiger partial charge in [-0.2, -0.15) is 0 Å². The Morgan fingerprint density at radius 1 is 0.775 bits per heavy atom. The number of imide groups is 1. The van der Waals surface area contributed by atoms with Crippen LogP contribution >= 0.6 is 0 Å². The van der Waals surface area contributed by atoms with E-state index >= 15 is 0 Å². The van der Waals surface area contributed by atoms with Gasteiger partial charge >= 0.3 is 0 Å². The van der Waals surface area contributed by atoms with Crippen LogP contribution in [0, 0.1) is 0 Å². The van der Waals surface area contributed by atoms with Crippen LogP contribution < -0.4 is 4.74 Å². The van der Waals surface area contributed by atoms with E-state index in [0.717, 1.165) is 61.3 Å². The quantitative estimate of drug-likeness (QED) is 0.288. The molecule has 196 valence electrons. The molecule has 0 radical (unpaired) electrons. The Labute approximate surface area is 228 Å². The summed E-state index contributed by atoms with van der Waals surface area (Å²) >= 11 is 0. The molecule has 1 fully saturated rings. The summed E-state index contributed by atoms with van der Waals surface area (Å²) in [7, 11) is 1.61. The summed E-state index contributed by atoms with van der Waals surface area (Å²) in [6.07, 6.45) is 0.956. The zero-order chi connectivity index (χ0) is 26.9. The molecule has 3 unspecified atom stereocenters. The molecule has 6 aromatic rings. The Hall–Kier alpha value is -4.62. The zero-order valence-electron chi connectivity index (χ0n) is 21.8. The van der Waals surface area contributed by atoms with E-state index in [-0.39, 0.29) is 30.4 Å². The number of rotatable bonds is 3. The number of aliphatic hydroxyl groups is 1. The number of carbonyl (C=O) groups excluding carboxylic acids is 2. The SMILES string of the molecule is COc1ccc(CN2C(=O)c3c(c4c5ccccc5n5c4c4c3c3ccccc3n4C3CC(O)C5C3)C2=O)cc1. The van der Waals surface area contributed by atoms with Crippen LogP contribution in [0.25, 0.3) is 43.6 Å². The maximum absolute atomic E-state index is 14.3. The van der Waals surface area contributed by atoms with Gasteiger partial charge in [-0.25, -0.2) is 0 Å². The van der Waals surface area contributed by atoms with Crippen LogP contribution in [0.5, 0.6) is 5.75 Å². The highest BCUT2D eigenvalue weighted by molar-refractivity contribution is 6.39. The van der Waals surface area contributed by atoms with Gasteiger partial charge in [-0.3, -0.25) is 14.5 Å². The lowest BCUT2D eigenvalue weighted by Gasteiger charge is -2.20. The van der Waals surface area contributed by atoms with Gasteiger partial charge in [0.1, 0.15) is 5.75 Å². The van der Waals surface area contributed by atoms with Crippen molar-refractivity contribution in [3.8, 4) is 5.75 Å². The van der Waals surface area contributed by atoms with E-state index in [1.165, 1.54) is 4.90 Å². The number of methoxy groups -OCH3 is 1. The molecule has 1 aliphatic carbocycles. The number of hydrogen-bond acceptors (Lipinski definition) is 4. The van der Waals surface area contributed by atoms with Crippen molar-refractivity contribution in [2.45, 2.75) is 37.6 Å². The molecule has 4 heterocycles. The van der Waals surface area contributed by atoms with Crippen molar-refractivity contribution in [1.29, 1.82) is 0 Å². The largest absolute Gasteiger partial charge is 0.497 e. The van der Waals surface area contributed by atoms with Gasteiger partial charge in [0.05, 0.1) is 48.0 Å². The smallest absolute Gasteiger partial charge is 0.262 e. The minimum atomic E-state index is -0.495. The Kier molecular flexibility index (Phi) is 4.18. The van der Waals surface area contributed by atoms with E-state index in [2.05, 4.69) is 27.3 Å². The summed E-state index contributed by atoms with van der Waals surface area (Å²) in [5, 5.41) is 14.9. The molecule has 7 heteroatoms. The third-order valence-electron chi connectivity index (χ3n) is 9.38. The summed E-state index contributed by atoms with van der Waals surface area (Å²) in [6, 6.07) is 23.7. The monoisotopic (exact) mass is 527 g/mol. The molecule has 4 aromatic carbocycles. The highest BCUT2D eigenvalue weighted by Gasteiger charge is 2.46. The second-order valence-corrected chi connectivity index (χ2v) is 11.3. The van der Waals surface area contributed by atoms with Gasteiger partial charge in [0.25, 0.3) is 11.8 Å². The molecule has 40 heavy (non-hydrogen) atoms. The van der Waals surface area contributed by atoms with Crippen LogP contribution in [-0.4, -0.2) is 44.2 Å². The van der Waals surface area contributed by atoms with Crippen molar-refractivity contribution in [1.82, 2.24) is 14.0 Å². The van der Waals surface area contributed by atoms with E-state index < -0.39 is 6.10 Å². The Bertz CT molecular complexity index is 2100. The Morgan fingerprint density at radius 2 is 1.35 bits per heavy atom. The third kappa shape index (κ3) is 2.54. The second kappa shape index (κ2) is 7.52. The standard InChI is InChI=1S/C33H25N3O4/c1-40-19-12-10-17(11-13-19)16-34-32(38)28-26-20-6-2-4-8-22(20)35-18-14-24(25(37)15-18)36-23-9-5-3-7-21(23)27(29(28)33(34)39)31(36)30(26)35/h2-13,18,24-25,37H,14-16H2,1H3. The van der Waals surface area contributed by atoms with E-state index in [0.29, 0.717) is 17.5 Å². The first kappa shape index (κ1) is 22.2. The topological polar surface area (TPSA) is 76.7 Å². The summed E-state index contributed by atoms with van der Waals surface area (Å²) in [4.78, 5) is 30.0. The van der Waals surface area contributed by atoms with Crippen LogP contribution in [-0.2, 0) is 6.54 Å². The lowest BCUT2D eigenvalue weighted by Crippen LogP contribution is -2.29. The number of fused-ring (bicyclic) bond motifs is 13. The predicted molar refractivity (Wildman–Crippen MR) is 153 cm³/mol. The molecule has 7 nitrogen and oxygen atoms in total. The van der Waals surface area contributed by atoms with Gasteiger partial charge in [0.2, 0.25) is 0 Å². The molecule has 0 saturated heterocycles. The first-order chi connectivity index (χ1) is 19.6. The van der Waals surface area contributed by atoms with Crippen molar-refractivity contribution >= 4 is 55.4 Å².